The summed E-state index contributed by atoms with van der Waals surface area (Å²) in [5.41, 5.74) is 3.43. The topological polar surface area (TPSA) is 67.9 Å². The molecule has 0 spiro atoms. The van der Waals surface area contributed by atoms with Gasteiger partial charge in [-0.2, -0.15) is 0 Å². The Hall–Kier alpha value is -3.02. The maximum Gasteiger partial charge on any atom is 0.226 e. The minimum Gasteiger partial charge on any atom is -0.497 e. The number of nitrogens with one attached hydrogen (secondary N) is 1. The molecule has 27 heavy (non-hydrogen) atoms. The molecule has 0 saturated heterocycles. The lowest BCUT2D eigenvalue weighted by molar-refractivity contribution is -0.117. The van der Waals surface area contributed by atoms with Crippen molar-refractivity contribution in [3.8, 4) is 11.5 Å². The van der Waals surface area contributed by atoms with Crippen LogP contribution in [0.2, 0.25) is 0 Å². The van der Waals surface area contributed by atoms with Gasteiger partial charge < -0.3 is 19.7 Å². The number of hydrogen-bond donors (Lipinski definition) is 1. The minimum absolute atomic E-state index is 0.147. The lowest BCUT2D eigenvalue weighted by Gasteiger charge is -2.23. The molecule has 0 saturated carbocycles. The van der Waals surface area contributed by atoms with Crippen molar-refractivity contribution in [3.63, 3.8) is 0 Å². The van der Waals surface area contributed by atoms with E-state index in [4.69, 9.17) is 9.47 Å². The molecule has 2 aromatic rings. The lowest BCUT2D eigenvalue weighted by atomic mass is 10.1. The Morgan fingerprint density at radius 1 is 1.04 bits per heavy atom. The van der Waals surface area contributed by atoms with Crippen molar-refractivity contribution in [1.82, 2.24) is 0 Å². The van der Waals surface area contributed by atoms with Gasteiger partial charge in [0.25, 0.3) is 0 Å². The zero-order valence-corrected chi connectivity index (χ0v) is 16.5. The molecule has 0 heterocycles. The first-order valence-corrected chi connectivity index (χ1v) is 8.73. The molecule has 1 N–H and O–H groups in total. The van der Waals surface area contributed by atoms with Gasteiger partial charge >= 0.3 is 0 Å². The maximum atomic E-state index is 12.4. The van der Waals surface area contributed by atoms with Gasteiger partial charge in [0.15, 0.2) is 0 Å². The monoisotopic (exact) mass is 370 g/mol. The fraction of sp³-hybridized carbons (Fsp3) is 0.333. The highest BCUT2D eigenvalue weighted by atomic mass is 16.5. The molecule has 0 aliphatic carbocycles. The summed E-state index contributed by atoms with van der Waals surface area (Å²) in [4.78, 5) is 26.1. The Balaban J connectivity index is 2.13. The Morgan fingerprint density at radius 2 is 1.70 bits per heavy atom. The quantitative estimate of drug-likeness (QED) is 0.807. The molecule has 0 aromatic heterocycles. The first kappa shape index (κ1) is 20.3. The normalized spacial score (nSPS) is 10.3. The van der Waals surface area contributed by atoms with Gasteiger partial charge in [-0.1, -0.05) is 18.2 Å². The van der Waals surface area contributed by atoms with Crippen molar-refractivity contribution >= 4 is 23.2 Å². The number of hydrogen-bond acceptors (Lipinski definition) is 4. The first-order valence-electron chi connectivity index (χ1n) is 8.73. The van der Waals surface area contributed by atoms with Gasteiger partial charge in [0.2, 0.25) is 11.8 Å². The van der Waals surface area contributed by atoms with Crippen LogP contribution in [0.1, 0.15) is 24.5 Å². The van der Waals surface area contributed by atoms with Crippen LogP contribution in [0.15, 0.2) is 36.4 Å². The van der Waals surface area contributed by atoms with Crippen LogP contribution in [-0.2, 0) is 9.59 Å². The predicted molar refractivity (Wildman–Crippen MR) is 107 cm³/mol. The van der Waals surface area contributed by atoms with Crippen LogP contribution in [-0.4, -0.2) is 32.6 Å². The van der Waals surface area contributed by atoms with Crippen molar-refractivity contribution in [2.75, 3.05) is 31.0 Å². The van der Waals surface area contributed by atoms with Gasteiger partial charge in [-0.15, -0.1) is 0 Å². The molecule has 6 nitrogen and oxygen atoms in total. The zero-order valence-electron chi connectivity index (χ0n) is 16.5. The molecule has 0 bridgehead atoms. The lowest BCUT2D eigenvalue weighted by Crippen LogP contribution is -2.32. The maximum absolute atomic E-state index is 12.4. The molecule has 0 aliphatic rings. The van der Waals surface area contributed by atoms with Crippen LogP contribution >= 0.6 is 0 Å². The van der Waals surface area contributed by atoms with E-state index in [0.717, 1.165) is 16.8 Å². The highest BCUT2D eigenvalue weighted by molar-refractivity contribution is 5.96. The van der Waals surface area contributed by atoms with Crippen LogP contribution in [0.5, 0.6) is 11.5 Å². The molecule has 2 rings (SSSR count). The van der Waals surface area contributed by atoms with E-state index in [1.54, 1.807) is 25.3 Å². The number of amides is 2. The third-order valence-corrected chi connectivity index (χ3v) is 4.37. The fourth-order valence-corrected chi connectivity index (χ4v) is 2.88. The largest absolute Gasteiger partial charge is 0.497 e. The van der Waals surface area contributed by atoms with E-state index < -0.39 is 0 Å². The van der Waals surface area contributed by atoms with Crippen LogP contribution in [0.25, 0.3) is 0 Å². The van der Waals surface area contributed by atoms with Crippen LogP contribution in [0, 0.1) is 13.8 Å². The molecular formula is C21H26N2O4. The number of anilines is 2. The number of benzene rings is 2. The smallest absolute Gasteiger partial charge is 0.226 e. The van der Waals surface area contributed by atoms with Crippen LogP contribution in [0.4, 0.5) is 11.4 Å². The summed E-state index contributed by atoms with van der Waals surface area (Å²) in [6.07, 6.45) is 0.169. The van der Waals surface area contributed by atoms with Crippen molar-refractivity contribution < 1.29 is 19.1 Å². The van der Waals surface area contributed by atoms with Gasteiger partial charge in [0.05, 0.1) is 19.9 Å². The second-order valence-electron chi connectivity index (χ2n) is 6.27. The molecule has 6 heteroatoms. The number of methoxy groups -OCH3 is 2. The number of ether oxygens (including phenoxy) is 2. The third kappa shape index (κ3) is 5.00. The molecule has 2 aromatic carbocycles. The molecule has 144 valence electrons. The van der Waals surface area contributed by atoms with Crippen LogP contribution < -0.4 is 19.7 Å². The molecule has 0 aliphatic heterocycles. The van der Waals surface area contributed by atoms with Gasteiger partial charge in [-0.3, -0.25) is 9.59 Å². The number of carbonyl (C=O) groups excluding carboxylic acids is 2. The molecule has 0 atom stereocenters. The molecular weight excluding hydrogens is 344 g/mol. The molecule has 0 unspecified atom stereocenters. The summed E-state index contributed by atoms with van der Waals surface area (Å²) in [5, 5.41) is 2.94. The second kappa shape index (κ2) is 9.07. The Morgan fingerprint density at radius 3 is 2.26 bits per heavy atom. The number of rotatable bonds is 7. The van der Waals surface area contributed by atoms with E-state index in [1.165, 1.54) is 18.9 Å². The standard InChI is InChI=1S/C21H26N2O4/c1-14-7-6-8-15(2)21(14)22-20(25)11-12-23(16(3)24)18-10-9-17(26-4)13-19(18)27-5/h6-10,13H,11-12H2,1-5H3,(H,22,25). The SMILES string of the molecule is COc1ccc(N(CCC(=O)Nc2c(C)cccc2C)C(C)=O)c(OC)c1. The number of nitrogens with zero attached hydrogens (tertiary/aromatic N) is 1. The summed E-state index contributed by atoms with van der Waals surface area (Å²) in [6.45, 7) is 5.61. The van der Waals surface area contributed by atoms with E-state index in [0.29, 0.717) is 17.2 Å². The van der Waals surface area contributed by atoms with Crippen molar-refractivity contribution in [1.29, 1.82) is 0 Å². The van der Waals surface area contributed by atoms with Gasteiger partial charge in [0.1, 0.15) is 11.5 Å². The van der Waals surface area contributed by atoms with Gasteiger partial charge in [-0.05, 0) is 37.1 Å². The van der Waals surface area contributed by atoms with Crippen molar-refractivity contribution in [3.05, 3.63) is 47.5 Å². The number of carbonyl (C=O) groups is 2. The second-order valence-corrected chi connectivity index (χ2v) is 6.27. The summed E-state index contributed by atoms with van der Waals surface area (Å²) in [7, 11) is 3.10. The molecule has 0 fully saturated rings. The van der Waals surface area contributed by atoms with Crippen LogP contribution in [0.3, 0.4) is 0 Å². The summed E-state index contributed by atoms with van der Waals surface area (Å²) in [5.74, 6) is 0.830. The average Bonchev–Trinajstić information content (AvgIpc) is 2.64. The fourth-order valence-electron chi connectivity index (χ4n) is 2.88. The highest BCUT2D eigenvalue weighted by Crippen LogP contribution is 2.32. The minimum atomic E-state index is -0.168. The number of para-hydroxylation sites is 1. The Bertz CT molecular complexity index is 813. The van der Waals surface area contributed by atoms with E-state index in [1.807, 2.05) is 32.0 Å². The van der Waals surface area contributed by atoms with Gasteiger partial charge in [-0.25, -0.2) is 0 Å². The molecule has 0 radical (unpaired) electrons. The third-order valence-electron chi connectivity index (χ3n) is 4.37. The summed E-state index contributed by atoms with van der Waals surface area (Å²) < 4.78 is 10.6. The van der Waals surface area contributed by atoms with E-state index in [2.05, 4.69) is 5.32 Å². The zero-order chi connectivity index (χ0) is 20.0. The van der Waals surface area contributed by atoms with E-state index in [-0.39, 0.29) is 24.8 Å². The number of aryl methyl sites for hydroxylation is 2. The van der Waals surface area contributed by atoms with E-state index in [9.17, 15) is 9.59 Å². The average molecular weight is 370 g/mol. The Kier molecular flexibility index (Phi) is 6.82. The Labute approximate surface area is 160 Å². The van der Waals surface area contributed by atoms with Gasteiger partial charge in [0, 0.05) is 31.6 Å². The van der Waals surface area contributed by atoms with Crippen molar-refractivity contribution in [2.45, 2.75) is 27.2 Å². The molecule has 2 amide bonds. The predicted octanol–water partition coefficient (Wildman–Crippen LogP) is 3.70. The first-order chi connectivity index (χ1) is 12.9. The van der Waals surface area contributed by atoms with E-state index >= 15 is 0 Å². The summed E-state index contributed by atoms with van der Waals surface area (Å²) >= 11 is 0. The summed E-state index contributed by atoms with van der Waals surface area (Å²) in [6, 6.07) is 11.1. The highest BCUT2D eigenvalue weighted by Gasteiger charge is 2.18. The van der Waals surface area contributed by atoms with Crippen molar-refractivity contribution in [2.24, 2.45) is 0 Å².